The van der Waals surface area contributed by atoms with Gasteiger partial charge in [0, 0.05) is 6.54 Å². The van der Waals surface area contributed by atoms with Gasteiger partial charge >= 0.3 is 5.97 Å². The molecule has 15 heteroatoms. The molecule has 0 radical (unpaired) electrons. The van der Waals surface area contributed by atoms with Gasteiger partial charge < -0.3 is 49.1 Å². The van der Waals surface area contributed by atoms with Crippen molar-refractivity contribution in [2.75, 3.05) is 25.1 Å². The van der Waals surface area contributed by atoms with Gasteiger partial charge in [0.05, 0.1) is 12.1 Å². The second kappa shape index (κ2) is 18.6. The average Bonchev–Trinajstić information content (AvgIpc) is 2.81. The molecule has 0 spiro atoms. The molecule has 0 aliphatic heterocycles. The molecule has 0 aliphatic rings. The standard InChI is InChI=1S/C21H42N8O6S/c1-12(30)16(19(33)28-15(20(34)35)8-11-36-2)29-18(32)14(7-3-4-9-22)27-17(31)13(23)6-5-10-26-21(24)25/h12-16,30H,3-11,22-23H2,1-2H3,(H,27,31)(H,28,33)(H,29,32)(H,34,35)(H4,24,25,26). The van der Waals surface area contributed by atoms with Gasteiger partial charge in [-0.2, -0.15) is 11.8 Å². The Morgan fingerprint density at radius 3 is 2.08 bits per heavy atom. The van der Waals surface area contributed by atoms with Crippen molar-refractivity contribution < 1.29 is 29.4 Å². The van der Waals surface area contributed by atoms with Crippen molar-refractivity contribution in [3.8, 4) is 0 Å². The van der Waals surface area contributed by atoms with E-state index >= 15 is 0 Å². The van der Waals surface area contributed by atoms with Crippen LogP contribution in [0.4, 0.5) is 0 Å². The van der Waals surface area contributed by atoms with E-state index in [1.54, 1.807) is 6.26 Å². The van der Waals surface area contributed by atoms with Gasteiger partial charge in [-0.05, 0) is 64.0 Å². The van der Waals surface area contributed by atoms with Crippen LogP contribution in [0.3, 0.4) is 0 Å². The molecule has 0 aliphatic carbocycles. The topological polar surface area (TPSA) is 261 Å². The van der Waals surface area contributed by atoms with Crippen LogP contribution in [0.25, 0.3) is 0 Å². The minimum Gasteiger partial charge on any atom is -0.480 e. The van der Waals surface area contributed by atoms with E-state index in [1.807, 2.05) is 0 Å². The van der Waals surface area contributed by atoms with Crippen LogP contribution in [0.5, 0.6) is 0 Å². The van der Waals surface area contributed by atoms with Crippen LogP contribution in [-0.4, -0.2) is 95.2 Å². The molecule has 0 saturated carbocycles. The fourth-order valence-electron chi connectivity index (χ4n) is 3.10. The molecule has 0 bridgehead atoms. The number of aliphatic imine (C=N–C) groups is 1. The largest absolute Gasteiger partial charge is 0.480 e. The third-order valence-corrected chi connectivity index (χ3v) is 5.82. The van der Waals surface area contributed by atoms with Crippen molar-refractivity contribution in [2.45, 2.75) is 75.7 Å². The summed E-state index contributed by atoms with van der Waals surface area (Å²) < 4.78 is 0. The van der Waals surface area contributed by atoms with E-state index in [9.17, 15) is 29.4 Å². The van der Waals surface area contributed by atoms with Crippen LogP contribution >= 0.6 is 11.8 Å². The van der Waals surface area contributed by atoms with E-state index in [0.29, 0.717) is 38.1 Å². The minimum absolute atomic E-state index is 0.0692. The van der Waals surface area contributed by atoms with E-state index in [-0.39, 0.29) is 25.2 Å². The number of carbonyl (C=O) groups is 4. The number of guanidine groups is 1. The van der Waals surface area contributed by atoms with Crippen LogP contribution in [-0.2, 0) is 19.2 Å². The van der Waals surface area contributed by atoms with Crippen molar-refractivity contribution in [1.82, 2.24) is 16.0 Å². The normalized spacial score (nSPS) is 15.0. The maximum atomic E-state index is 13.0. The van der Waals surface area contributed by atoms with Crippen molar-refractivity contribution in [1.29, 1.82) is 0 Å². The van der Waals surface area contributed by atoms with E-state index in [0.717, 1.165) is 0 Å². The number of nitrogens with one attached hydrogen (secondary N) is 3. The summed E-state index contributed by atoms with van der Waals surface area (Å²) in [4.78, 5) is 53.5. The Labute approximate surface area is 215 Å². The highest BCUT2D eigenvalue weighted by atomic mass is 32.2. The number of aliphatic hydroxyl groups is 1. The molecular formula is C21H42N8O6S. The first kappa shape index (κ1) is 33.4. The van der Waals surface area contributed by atoms with Crippen molar-refractivity contribution in [3.05, 3.63) is 0 Å². The van der Waals surface area contributed by atoms with E-state index in [2.05, 4.69) is 20.9 Å². The number of nitrogens with zero attached hydrogens (tertiary/aromatic N) is 1. The van der Waals surface area contributed by atoms with Gasteiger partial charge in [0.15, 0.2) is 5.96 Å². The molecule has 13 N–H and O–H groups in total. The number of thioether (sulfide) groups is 1. The lowest BCUT2D eigenvalue weighted by Gasteiger charge is -2.26. The summed E-state index contributed by atoms with van der Waals surface area (Å²) in [5, 5.41) is 26.8. The van der Waals surface area contributed by atoms with Crippen LogP contribution in [0.2, 0.25) is 0 Å². The Hall–Kier alpha value is -2.62. The average molecular weight is 535 g/mol. The number of carboxylic acid groups (broad SMARTS) is 1. The SMILES string of the molecule is CSCCC(NC(=O)C(NC(=O)C(CCCCN)NC(=O)C(N)CCCN=C(N)N)C(C)O)C(=O)O. The van der Waals surface area contributed by atoms with E-state index < -0.39 is 54.0 Å². The second-order valence-electron chi connectivity index (χ2n) is 8.31. The van der Waals surface area contributed by atoms with Crippen LogP contribution in [0.1, 0.15) is 45.4 Å². The molecule has 0 saturated heterocycles. The smallest absolute Gasteiger partial charge is 0.326 e. The van der Waals surface area contributed by atoms with Gasteiger partial charge in [0.1, 0.15) is 18.1 Å². The lowest BCUT2D eigenvalue weighted by molar-refractivity contribution is -0.143. The quantitative estimate of drug-likeness (QED) is 0.0463. The molecule has 0 aromatic carbocycles. The first-order valence-corrected chi connectivity index (χ1v) is 13.2. The Morgan fingerprint density at radius 2 is 1.56 bits per heavy atom. The zero-order chi connectivity index (χ0) is 27.7. The highest BCUT2D eigenvalue weighted by Gasteiger charge is 2.32. The summed E-state index contributed by atoms with van der Waals surface area (Å²) in [6.07, 6.45) is 2.68. The van der Waals surface area contributed by atoms with Gasteiger partial charge in [-0.25, -0.2) is 4.79 Å². The van der Waals surface area contributed by atoms with Gasteiger partial charge in [0.25, 0.3) is 0 Å². The number of hydrogen-bond acceptors (Lipinski definition) is 9. The number of carbonyl (C=O) groups excluding carboxylic acids is 3. The summed E-state index contributed by atoms with van der Waals surface area (Å²) in [5.74, 6) is -2.95. The van der Waals surface area contributed by atoms with Gasteiger partial charge in [-0.3, -0.25) is 19.4 Å². The Bertz CT molecular complexity index is 735. The maximum absolute atomic E-state index is 13.0. The number of aliphatic hydroxyl groups excluding tert-OH is 1. The van der Waals surface area contributed by atoms with Gasteiger partial charge in [0.2, 0.25) is 17.7 Å². The first-order chi connectivity index (χ1) is 16.9. The molecular weight excluding hydrogens is 492 g/mol. The van der Waals surface area contributed by atoms with Crippen LogP contribution in [0.15, 0.2) is 4.99 Å². The molecule has 0 aromatic rings. The van der Waals surface area contributed by atoms with Crippen molar-refractivity contribution in [2.24, 2.45) is 27.9 Å². The Balaban J connectivity index is 5.32. The number of rotatable bonds is 19. The van der Waals surface area contributed by atoms with Gasteiger partial charge in [-0.15, -0.1) is 0 Å². The highest BCUT2D eigenvalue weighted by molar-refractivity contribution is 7.98. The molecule has 5 unspecified atom stereocenters. The number of nitrogens with two attached hydrogens (primary N) is 4. The lowest BCUT2D eigenvalue weighted by atomic mass is 10.0. The Morgan fingerprint density at radius 1 is 0.917 bits per heavy atom. The number of unbranched alkanes of at least 4 members (excludes halogenated alkanes) is 1. The number of aliphatic carboxylic acids is 1. The molecule has 5 atom stereocenters. The van der Waals surface area contributed by atoms with E-state index in [1.165, 1.54) is 18.7 Å². The minimum atomic E-state index is -1.43. The van der Waals surface area contributed by atoms with Crippen molar-refractivity contribution >= 4 is 41.4 Å². The number of amides is 3. The zero-order valence-corrected chi connectivity index (χ0v) is 21.8. The summed E-state index contributed by atoms with van der Waals surface area (Å²) in [5.41, 5.74) is 22.0. The zero-order valence-electron chi connectivity index (χ0n) is 20.9. The lowest BCUT2D eigenvalue weighted by Crippen LogP contribution is -2.59. The fraction of sp³-hybridized carbons (Fsp3) is 0.762. The molecule has 0 rings (SSSR count). The van der Waals surface area contributed by atoms with Crippen LogP contribution < -0.4 is 38.9 Å². The van der Waals surface area contributed by atoms with E-state index in [4.69, 9.17) is 22.9 Å². The fourth-order valence-corrected chi connectivity index (χ4v) is 3.58. The third kappa shape index (κ3) is 14.1. The number of hydrogen-bond donors (Lipinski definition) is 9. The molecule has 0 aromatic heterocycles. The Kier molecular flexibility index (Phi) is 17.3. The monoisotopic (exact) mass is 534 g/mol. The highest BCUT2D eigenvalue weighted by Crippen LogP contribution is 2.06. The predicted molar refractivity (Wildman–Crippen MR) is 139 cm³/mol. The van der Waals surface area contributed by atoms with Crippen molar-refractivity contribution in [3.63, 3.8) is 0 Å². The van der Waals surface area contributed by atoms with Gasteiger partial charge in [-0.1, -0.05) is 0 Å². The summed E-state index contributed by atoms with van der Waals surface area (Å²) in [6.45, 7) is 1.97. The summed E-state index contributed by atoms with van der Waals surface area (Å²) >= 11 is 1.42. The number of carboxylic acids is 1. The summed E-state index contributed by atoms with van der Waals surface area (Å²) in [7, 11) is 0. The predicted octanol–water partition coefficient (Wildman–Crippen LogP) is -2.83. The maximum Gasteiger partial charge on any atom is 0.326 e. The molecule has 14 nitrogen and oxygen atoms in total. The molecule has 0 fully saturated rings. The van der Waals surface area contributed by atoms with Crippen LogP contribution in [0, 0.1) is 0 Å². The molecule has 208 valence electrons. The third-order valence-electron chi connectivity index (χ3n) is 5.17. The summed E-state index contributed by atoms with van der Waals surface area (Å²) in [6, 6.07) is -4.59. The molecule has 36 heavy (non-hydrogen) atoms. The molecule has 3 amide bonds. The first-order valence-electron chi connectivity index (χ1n) is 11.8. The molecule has 0 heterocycles. The second-order valence-corrected chi connectivity index (χ2v) is 9.29.